The standard InChI is InChI=1S/C18H17Cl2N3O/c1-12-7-9-13(10-8-12)15-11-16(17(19)20)23(22-15)18(24)21-14-5-3-2-4-6-14/h2-10,16-17H,11H2,1H3,(H,21,24). The van der Waals surface area contributed by atoms with Crippen molar-refractivity contribution in [3.63, 3.8) is 0 Å². The Bertz CT molecular complexity index is 745. The number of carbonyl (C=O) groups is 1. The predicted octanol–water partition coefficient (Wildman–Crippen LogP) is 4.81. The molecule has 124 valence electrons. The number of nitrogens with zero attached hydrogens (tertiary/aromatic N) is 2. The van der Waals surface area contributed by atoms with Gasteiger partial charge >= 0.3 is 6.03 Å². The zero-order chi connectivity index (χ0) is 17.1. The zero-order valence-electron chi connectivity index (χ0n) is 13.1. The number of halogens is 2. The lowest BCUT2D eigenvalue weighted by Crippen LogP contribution is -2.39. The van der Waals surface area contributed by atoms with E-state index < -0.39 is 10.9 Å². The topological polar surface area (TPSA) is 44.7 Å². The molecule has 0 aliphatic carbocycles. The largest absolute Gasteiger partial charge is 0.342 e. The number of benzene rings is 2. The van der Waals surface area contributed by atoms with E-state index in [2.05, 4.69) is 10.4 Å². The fraction of sp³-hybridized carbons (Fsp3) is 0.222. The van der Waals surface area contributed by atoms with Crippen LogP contribution in [0.5, 0.6) is 0 Å². The fourth-order valence-corrected chi connectivity index (χ4v) is 2.94. The Morgan fingerprint density at radius 3 is 2.46 bits per heavy atom. The lowest BCUT2D eigenvalue weighted by atomic mass is 10.0. The molecule has 0 fully saturated rings. The molecule has 2 aromatic rings. The monoisotopic (exact) mass is 361 g/mol. The van der Waals surface area contributed by atoms with Gasteiger partial charge in [-0.2, -0.15) is 5.10 Å². The highest BCUT2D eigenvalue weighted by Gasteiger charge is 2.36. The maximum atomic E-state index is 12.6. The van der Waals surface area contributed by atoms with Crippen LogP contribution in [0, 0.1) is 6.92 Å². The number of nitrogens with one attached hydrogen (secondary N) is 1. The van der Waals surface area contributed by atoms with Gasteiger partial charge in [0.05, 0.1) is 11.8 Å². The number of aryl methyl sites for hydroxylation is 1. The van der Waals surface area contributed by atoms with Crippen LogP contribution in [0.2, 0.25) is 0 Å². The highest BCUT2D eigenvalue weighted by molar-refractivity contribution is 6.45. The number of rotatable bonds is 3. The first-order chi connectivity index (χ1) is 11.5. The van der Waals surface area contributed by atoms with Crippen molar-refractivity contribution in [3.8, 4) is 0 Å². The first-order valence-corrected chi connectivity index (χ1v) is 8.50. The molecule has 4 nitrogen and oxygen atoms in total. The van der Waals surface area contributed by atoms with E-state index in [0.29, 0.717) is 12.1 Å². The van der Waals surface area contributed by atoms with E-state index in [4.69, 9.17) is 23.2 Å². The summed E-state index contributed by atoms with van der Waals surface area (Å²) in [4.78, 5) is 11.8. The van der Waals surface area contributed by atoms with Gasteiger partial charge in [0.15, 0.2) is 0 Å². The molecule has 3 rings (SSSR count). The van der Waals surface area contributed by atoms with Crippen molar-refractivity contribution in [2.75, 3.05) is 5.32 Å². The molecule has 1 heterocycles. The number of carbonyl (C=O) groups excluding carboxylic acids is 1. The SMILES string of the molecule is Cc1ccc(C2=NN(C(=O)Nc3ccccc3)C(C(Cl)Cl)C2)cc1. The smallest absolute Gasteiger partial charge is 0.306 e. The van der Waals surface area contributed by atoms with E-state index in [1.165, 1.54) is 10.6 Å². The Hall–Kier alpha value is -2.04. The number of hydrogen-bond donors (Lipinski definition) is 1. The van der Waals surface area contributed by atoms with E-state index in [1.807, 2.05) is 61.5 Å². The maximum Gasteiger partial charge on any atom is 0.342 e. The van der Waals surface area contributed by atoms with E-state index in [0.717, 1.165) is 11.3 Å². The Labute approximate surface area is 151 Å². The van der Waals surface area contributed by atoms with E-state index >= 15 is 0 Å². The number of alkyl halides is 2. The van der Waals surface area contributed by atoms with E-state index in [-0.39, 0.29) is 6.03 Å². The Balaban J connectivity index is 1.83. The third-order valence-electron chi connectivity index (χ3n) is 3.85. The van der Waals surface area contributed by atoms with Crippen LogP contribution in [0.4, 0.5) is 10.5 Å². The summed E-state index contributed by atoms with van der Waals surface area (Å²) in [6.45, 7) is 2.02. The van der Waals surface area contributed by atoms with Crippen LogP contribution in [0.1, 0.15) is 17.5 Å². The second-order valence-corrected chi connectivity index (χ2v) is 6.82. The van der Waals surface area contributed by atoms with Gasteiger partial charge in [-0.15, -0.1) is 23.2 Å². The third-order valence-corrected chi connectivity index (χ3v) is 4.44. The average Bonchev–Trinajstić information content (AvgIpc) is 3.02. The highest BCUT2D eigenvalue weighted by Crippen LogP contribution is 2.28. The molecule has 0 radical (unpaired) electrons. The van der Waals surface area contributed by atoms with Crippen LogP contribution in [0.3, 0.4) is 0 Å². The van der Waals surface area contributed by atoms with Crippen LogP contribution >= 0.6 is 23.2 Å². The number of urea groups is 1. The summed E-state index contributed by atoms with van der Waals surface area (Å²) in [5.41, 5.74) is 3.63. The van der Waals surface area contributed by atoms with Gasteiger partial charge < -0.3 is 5.32 Å². The summed E-state index contributed by atoms with van der Waals surface area (Å²) in [6.07, 6.45) is 0.517. The summed E-state index contributed by atoms with van der Waals surface area (Å²) >= 11 is 12.1. The molecule has 1 unspecified atom stereocenters. The number of hydrogen-bond acceptors (Lipinski definition) is 2. The van der Waals surface area contributed by atoms with Crippen LogP contribution in [-0.2, 0) is 0 Å². The van der Waals surface area contributed by atoms with E-state index in [1.54, 1.807) is 0 Å². The van der Waals surface area contributed by atoms with Crippen molar-refractivity contribution in [2.45, 2.75) is 24.2 Å². The first kappa shape index (κ1) is 16.8. The molecular formula is C18H17Cl2N3O. The lowest BCUT2D eigenvalue weighted by Gasteiger charge is -2.22. The number of hydrazone groups is 1. The second kappa shape index (κ2) is 7.24. The van der Waals surface area contributed by atoms with Gasteiger partial charge in [0.1, 0.15) is 4.84 Å². The molecular weight excluding hydrogens is 345 g/mol. The maximum absolute atomic E-state index is 12.6. The quantitative estimate of drug-likeness (QED) is 0.783. The minimum Gasteiger partial charge on any atom is -0.306 e. The van der Waals surface area contributed by atoms with E-state index in [9.17, 15) is 4.79 Å². The minimum atomic E-state index is -0.724. The van der Waals surface area contributed by atoms with Crippen LogP contribution < -0.4 is 5.32 Å². The molecule has 0 bridgehead atoms. The molecule has 0 aromatic heterocycles. The van der Waals surface area contributed by atoms with Crippen molar-refractivity contribution in [3.05, 3.63) is 65.7 Å². The number of amides is 2. The van der Waals surface area contributed by atoms with Gasteiger partial charge in [0, 0.05) is 12.1 Å². The van der Waals surface area contributed by atoms with Crippen LogP contribution in [0.25, 0.3) is 0 Å². The van der Waals surface area contributed by atoms with Crippen molar-refractivity contribution in [1.82, 2.24) is 5.01 Å². The van der Waals surface area contributed by atoms with Gasteiger partial charge in [-0.3, -0.25) is 0 Å². The Kier molecular flexibility index (Phi) is 5.07. The van der Waals surface area contributed by atoms with Gasteiger partial charge in [0.2, 0.25) is 0 Å². The zero-order valence-corrected chi connectivity index (χ0v) is 14.6. The van der Waals surface area contributed by atoms with Crippen molar-refractivity contribution in [1.29, 1.82) is 0 Å². The highest BCUT2D eigenvalue weighted by atomic mass is 35.5. The Morgan fingerprint density at radius 1 is 1.17 bits per heavy atom. The molecule has 0 spiro atoms. The summed E-state index contributed by atoms with van der Waals surface area (Å²) in [6, 6.07) is 16.5. The minimum absolute atomic E-state index is 0.348. The molecule has 6 heteroatoms. The van der Waals surface area contributed by atoms with Crippen molar-refractivity contribution >= 4 is 40.6 Å². The van der Waals surface area contributed by atoms with Gasteiger partial charge in [-0.1, -0.05) is 48.0 Å². The average molecular weight is 362 g/mol. The molecule has 1 N–H and O–H groups in total. The van der Waals surface area contributed by atoms with Crippen molar-refractivity contribution < 1.29 is 4.79 Å². The molecule has 2 amide bonds. The number of para-hydroxylation sites is 1. The third kappa shape index (κ3) is 3.71. The van der Waals surface area contributed by atoms with Gasteiger partial charge in [0.25, 0.3) is 0 Å². The van der Waals surface area contributed by atoms with Crippen molar-refractivity contribution in [2.24, 2.45) is 5.10 Å². The summed E-state index contributed by atoms with van der Waals surface area (Å²) in [5.74, 6) is 0. The van der Waals surface area contributed by atoms with Crippen LogP contribution in [-0.4, -0.2) is 27.6 Å². The Morgan fingerprint density at radius 2 is 1.83 bits per heavy atom. The molecule has 0 saturated heterocycles. The molecule has 2 aromatic carbocycles. The van der Waals surface area contributed by atoms with Gasteiger partial charge in [-0.25, -0.2) is 9.80 Å². The predicted molar refractivity (Wildman–Crippen MR) is 98.9 cm³/mol. The molecule has 1 aliphatic rings. The number of anilines is 1. The molecule has 1 atom stereocenters. The first-order valence-electron chi connectivity index (χ1n) is 7.62. The molecule has 1 aliphatic heterocycles. The molecule has 0 saturated carbocycles. The molecule has 24 heavy (non-hydrogen) atoms. The van der Waals surface area contributed by atoms with Gasteiger partial charge in [-0.05, 0) is 24.6 Å². The summed E-state index contributed by atoms with van der Waals surface area (Å²) in [7, 11) is 0. The summed E-state index contributed by atoms with van der Waals surface area (Å²) in [5, 5.41) is 8.61. The normalized spacial score (nSPS) is 17.1. The van der Waals surface area contributed by atoms with Crippen LogP contribution in [0.15, 0.2) is 59.7 Å². The summed E-state index contributed by atoms with van der Waals surface area (Å²) < 4.78 is 0. The lowest BCUT2D eigenvalue weighted by molar-refractivity contribution is 0.202. The second-order valence-electron chi connectivity index (χ2n) is 5.66. The fourth-order valence-electron chi connectivity index (χ4n) is 2.55.